The van der Waals surface area contributed by atoms with Crippen molar-refractivity contribution in [3.05, 3.63) is 30.1 Å². The van der Waals surface area contributed by atoms with Crippen molar-refractivity contribution in [2.45, 2.75) is 5.34 Å². The van der Waals surface area contributed by atoms with E-state index in [0.717, 1.165) is 0 Å². The standard InChI is InChI=1S/C6H6B2N2/c7-6(8,9)5-3-1-2-4-10-5/h1-4H,9H2. The number of nitrogens with zero attached hydrogens (tertiary/aromatic N) is 1. The second-order valence-corrected chi connectivity index (χ2v) is 2.15. The Balaban J connectivity index is 2.97. The fraction of sp³-hybridized carbons (Fsp3) is 0.167. The Bertz CT molecular complexity index is 205. The summed E-state index contributed by atoms with van der Waals surface area (Å²) in [7, 11) is 10.7. The number of hydrogen-bond acceptors (Lipinski definition) is 2. The first-order valence-electron chi connectivity index (χ1n) is 2.89. The first-order chi connectivity index (χ1) is 4.61. The Labute approximate surface area is 62.7 Å². The van der Waals surface area contributed by atoms with Gasteiger partial charge in [0.15, 0.2) is 0 Å². The highest BCUT2D eigenvalue weighted by Gasteiger charge is 2.12. The molecule has 4 radical (unpaired) electrons. The molecule has 0 unspecified atom stereocenters. The van der Waals surface area contributed by atoms with Crippen LogP contribution in [0.3, 0.4) is 0 Å². The summed E-state index contributed by atoms with van der Waals surface area (Å²) in [4.78, 5) is 3.88. The number of hydrogen-bond donors (Lipinski definition) is 1. The molecule has 2 nitrogen and oxygen atoms in total. The maximum absolute atomic E-state index is 5.35. The molecular formula is C6H6B2N2. The van der Waals surface area contributed by atoms with Gasteiger partial charge in [0.05, 0.1) is 15.7 Å². The summed E-state index contributed by atoms with van der Waals surface area (Å²) in [6.07, 6.45) is 1.59. The lowest BCUT2D eigenvalue weighted by atomic mass is 9.61. The van der Waals surface area contributed by atoms with Crippen molar-refractivity contribution in [3.63, 3.8) is 0 Å². The Morgan fingerprint density at radius 3 is 2.40 bits per heavy atom. The molecule has 0 aromatic carbocycles. The van der Waals surface area contributed by atoms with Crippen molar-refractivity contribution in [2.75, 3.05) is 0 Å². The lowest BCUT2D eigenvalue weighted by Gasteiger charge is -2.17. The van der Waals surface area contributed by atoms with Crippen LogP contribution < -0.4 is 5.73 Å². The quantitative estimate of drug-likeness (QED) is 0.517. The minimum atomic E-state index is -1.32. The van der Waals surface area contributed by atoms with Crippen LogP contribution in [-0.4, -0.2) is 20.7 Å². The van der Waals surface area contributed by atoms with Crippen LogP contribution in [0.5, 0.6) is 0 Å². The van der Waals surface area contributed by atoms with E-state index in [0.29, 0.717) is 5.69 Å². The number of rotatable bonds is 1. The van der Waals surface area contributed by atoms with E-state index in [4.69, 9.17) is 21.4 Å². The van der Waals surface area contributed by atoms with Gasteiger partial charge in [-0.1, -0.05) is 6.07 Å². The van der Waals surface area contributed by atoms with E-state index >= 15 is 0 Å². The van der Waals surface area contributed by atoms with Gasteiger partial charge in [0, 0.05) is 11.9 Å². The van der Waals surface area contributed by atoms with Crippen molar-refractivity contribution in [2.24, 2.45) is 5.73 Å². The molecule has 0 spiro atoms. The third-order valence-electron chi connectivity index (χ3n) is 1.11. The fourth-order valence-electron chi connectivity index (χ4n) is 0.619. The minimum Gasteiger partial charge on any atom is -0.336 e. The van der Waals surface area contributed by atoms with Crippen molar-refractivity contribution in [3.8, 4) is 0 Å². The van der Waals surface area contributed by atoms with Gasteiger partial charge in [-0.25, -0.2) is 0 Å². The molecule has 4 heteroatoms. The molecule has 0 aliphatic heterocycles. The molecule has 1 heterocycles. The highest BCUT2D eigenvalue weighted by molar-refractivity contribution is 6.39. The highest BCUT2D eigenvalue weighted by atomic mass is 14.8. The van der Waals surface area contributed by atoms with Gasteiger partial charge in [0.2, 0.25) is 0 Å². The molecule has 1 aromatic rings. The van der Waals surface area contributed by atoms with Gasteiger partial charge in [-0.15, -0.1) is 0 Å². The first kappa shape index (κ1) is 7.35. The third-order valence-corrected chi connectivity index (χ3v) is 1.11. The Kier molecular flexibility index (Phi) is 1.81. The van der Waals surface area contributed by atoms with Crippen molar-refractivity contribution in [1.29, 1.82) is 0 Å². The smallest absolute Gasteiger partial charge is 0.0901 e. The van der Waals surface area contributed by atoms with Gasteiger partial charge in [0.1, 0.15) is 0 Å². The average molecular weight is 128 g/mol. The zero-order valence-electron chi connectivity index (χ0n) is 5.49. The molecule has 10 heavy (non-hydrogen) atoms. The Morgan fingerprint density at radius 2 is 2.10 bits per heavy atom. The van der Waals surface area contributed by atoms with Gasteiger partial charge in [-0.2, -0.15) is 0 Å². The molecule has 0 saturated heterocycles. The van der Waals surface area contributed by atoms with Gasteiger partial charge >= 0.3 is 0 Å². The lowest BCUT2D eigenvalue weighted by Crippen LogP contribution is -2.38. The summed E-state index contributed by atoms with van der Waals surface area (Å²) in [5.41, 5.74) is 5.83. The van der Waals surface area contributed by atoms with Crippen molar-refractivity contribution in [1.82, 2.24) is 4.98 Å². The molecule has 46 valence electrons. The van der Waals surface area contributed by atoms with Crippen LogP contribution in [-0.2, 0) is 5.34 Å². The predicted molar refractivity (Wildman–Crippen MR) is 41.6 cm³/mol. The molecule has 0 aliphatic rings. The molecule has 2 N–H and O–H groups in total. The molecule has 0 bridgehead atoms. The van der Waals surface area contributed by atoms with Crippen LogP contribution in [0.4, 0.5) is 0 Å². The number of pyridine rings is 1. The normalized spacial score (nSPS) is 11.3. The molecule has 0 atom stereocenters. The summed E-state index contributed by atoms with van der Waals surface area (Å²) in [6.45, 7) is 0. The molecule has 0 fully saturated rings. The number of aromatic nitrogens is 1. The van der Waals surface area contributed by atoms with E-state index in [1.54, 1.807) is 24.4 Å². The third kappa shape index (κ3) is 1.61. The van der Waals surface area contributed by atoms with Crippen LogP contribution in [0.2, 0.25) is 0 Å². The van der Waals surface area contributed by atoms with E-state index in [9.17, 15) is 0 Å². The first-order valence-corrected chi connectivity index (χ1v) is 2.89. The lowest BCUT2D eigenvalue weighted by molar-refractivity contribution is 0.860. The van der Waals surface area contributed by atoms with Crippen LogP contribution in [0.15, 0.2) is 24.4 Å². The summed E-state index contributed by atoms with van der Waals surface area (Å²) in [5.74, 6) is 0. The minimum absolute atomic E-state index is 0.481. The van der Waals surface area contributed by atoms with Crippen LogP contribution >= 0.6 is 0 Å². The Morgan fingerprint density at radius 1 is 1.40 bits per heavy atom. The van der Waals surface area contributed by atoms with Crippen molar-refractivity contribution >= 4 is 15.7 Å². The Hall–Kier alpha value is -0.760. The van der Waals surface area contributed by atoms with Crippen LogP contribution in [0.25, 0.3) is 0 Å². The average Bonchev–Trinajstić information content (AvgIpc) is 1.88. The largest absolute Gasteiger partial charge is 0.336 e. The van der Waals surface area contributed by atoms with Crippen molar-refractivity contribution < 1.29 is 0 Å². The van der Waals surface area contributed by atoms with E-state index < -0.39 is 5.34 Å². The van der Waals surface area contributed by atoms with E-state index in [1.807, 2.05) is 0 Å². The van der Waals surface area contributed by atoms with E-state index in [2.05, 4.69) is 4.98 Å². The fourth-order valence-corrected chi connectivity index (χ4v) is 0.619. The van der Waals surface area contributed by atoms with Crippen LogP contribution in [0, 0.1) is 0 Å². The zero-order chi connectivity index (χ0) is 7.61. The molecule has 0 saturated carbocycles. The van der Waals surface area contributed by atoms with Gasteiger partial charge in [-0.3, -0.25) is 4.98 Å². The molecular weight excluding hydrogens is 122 g/mol. The zero-order valence-corrected chi connectivity index (χ0v) is 5.49. The monoisotopic (exact) mass is 128 g/mol. The molecule has 1 rings (SSSR count). The SMILES string of the molecule is [B]C([B])(N)c1ccccn1. The maximum Gasteiger partial charge on any atom is 0.0901 e. The topological polar surface area (TPSA) is 38.9 Å². The second kappa shape index (κ2) is 2.46. The molecule has 0 amide bonds. The van der Waals surface area contributed by atoms with E-state index in [1.165, 1.54) is 0 Å². The summed E-state index contributed by atoms with van der Waals surface area (Å²) < 4.78 is 0. The number of nitrogens with two attached hydrogens (primary N) is 1. The summed E-state index contributed by atoms with van der Waals surface area (Å²) in [6, 6.07) is 5.24. The van der Waals surface area contributed by atoms with Gasteiger partial charge < -0.3 is 5.73 Å². The van der Waals surface area contributed by atoms with E-state index in [-0.39, 0.29) is 0 Å². The van der Waals surface area contributed by atoms with Crippen LogP contribution in [0.1, 0.15) is 5.69 Å². The maximum atomic E-state index is 5.35. The molecule has 0 aliphatic carbocycles. The molecule has 1 aromatic heterocycles. The second-order valence-electron chi connectivity index (χ2n) is 2.15. The van der Waals surface area contributed by atoms with Gasteiger partial charge in [0.25, 0.3) is 0 Å². The summed E-state index contributed by atoms with van der Waals surface area (Å²) >= 11 is 0. The van der Waals surface area contributed by atoms with Gasteiger partial charge in [-0.05, 0) is 17.5 Å². The highest BCUT2D eigenvalue weighted by Crippen LogP contribution is 2.04. The predicted octanol–water partition coefficient (Wildman–Crippen LogP) is -0.512. The summed E-state index contributed by atoms with van der Waals surface area (Å²) in [5, 5.41) is -1.32.